The molecular formula is C21H21ClN2O2. The summed E-state index contributed by atoms with van der Waals surface area (Å²) in [4.78, 5) is 16.2. The van der Waals surface area contributed by atoms with E-state index in [1.807, 2.05) is 0 Å². The molecule has 1 atom stereocenters. The highest BCUT2D eigenvalue weighted by atomic mass is 35.5. The fourth-order valence-corrected chi connectivity index (χ4v) is 4.03. The van der Waals surface area contributed by atoms with Crippen molar-refractivity contribution in [1.29, 1.82) is 0 Å². The molecule has 0 aliphatic heterocycles. The van der Waals surface area contributed by atoms with E-state index >= 15 is 0 Å². The van der Waals surface area contributed by atoms with Crippen LogP contribution in [-0.4, -0.2) is 18.0 Å². The van der Waals surface area contributed by atoms with E-state index in [0.717, 1.165) is 30.5 Å². The first kappa shape index (κ1) is 17.0. The number of aromatic amines is 1. The smallest absolute Gasteiger partial charge is 0.251 e. The molecule has 1 unspecified atom stereocenters. The molecule has 0 saturated heterocycles. The molecule has 0 saturated carbocycles. The Hall–Kier alpha value is -2.46. The third kappa shape index (κ3) is 2.95. The molecule has 1 amide bonds. The number of halogens is 1. The number of carbonyl (C=O) groups is 1. The highest BCUT2D eigenvalue weighted by molar-refractivity contribution is 6.32. The number of nitrogens with one attached hydrogen (secondary N) is 2. The van der Waals surface area contributed by atoms with Crippen molar-refractivity contribution in [3.8, 4) is 5.75 Å². The largest absolute Gasteiger partial charge is 0.495 e. The summed E-state index contributed by atoms with van der Waals surface area (Å²) in [5.41, 5.74) is 5.38. The summed E-state index contributed by atoms with van der Waals surface area (Å²) in [6.45, 7) is 2.11. The van der Waals surface area contributed by atoms with Gasteiger partial charge in [0.2, 0.25) is 0 Å². The summed E-state index contributed by atoms with van der Waals surface area (Å²) >= 11 is 6.15. The zero-order valence-corrected chi connectivity index (χ0v) is 15.6. The summed E-state index contributed by atoms with van der Waals surface area (Å²) in [6, 6.07) is 11.5. The van der Waals surface area contributed by atoms with Gasteiger partial charge in [-0.05, 0) is 62.1 Å². The van der Waals surface area contributed by atoms with Gasteiger partial charge in [-0.25, -0.2) is 0 Å². The van der Waals surface area contributed by atoms with E-state index in [1.54, 1.807) is 25.3 Å². The van der Waals surface area contributed by atoms with Gasteiger partial charge < -0.3 is 15.0 Å². The standard InChI is InChI=1S/C21H21ClN2O2/c1-12-6-8-17-15(10-12)14-4-3-5-18(20(14)23-17)24-21(25)13-7-9-19(26-2)16(22)11-13/h6-11,18,23H,3-5H2,1-2H3,(H,24,25). The van der Waals surface area contributed by atoms with E-state index in [-0.39, 0.29) is 11.9 Å². The number of hydrogen-bond donors (Lipinski definition) is 2. The predicted octanol–water partition coefficient (Wildman–Crippen LogP) is 4.95. The number of rotatable bonds is 3. The molecule has 134 valence electrons. The molecule has 2 aromatic carbocycles. The Morgan fingerprint density at radius 2 is 2.12 bits per heavy atom. The van der Waals surface area contributed by atoms with Crippen molar-refractivity contribution < 1.29 is 9.53 Å². The summed E-state index contributed by atoms with van der Waals surface area (Å²) < 4.78 is 5.15. The molecule has 1 aliphatic rings. The highest BCUT2D eigenvalue weighted by Gasteiger charge is 2.26. The van der Waals surface area contributed by atoms with Gasteiger partial charge in [-0.1, -0.05) is 23.2 Å². The van der Waals surface area contributed by atoms with E-state index in [4.69, 9.17) is 16.3 Å². The number of carbonyl (C=O) groups excluding carboxylic acids is 1. The van der Waals surface area contributed by atoms with E-state index in [0.29, 0.717) is 16.3 Å². The number of aryl methyl sites for hydroxylation is 2. The first-order valence-corrected chi connectivity index (χ1v) is 9.20. The molecule has 0 radical (unpaired) electrons. The van der Waals surface area contributed by atoms with E-state index in [2.05, 4.69) is 35.4 Å². The monoisotopic (exact) mass is 368 g/mol. The minimum absolute atomic E-state index is 0.0140. The Bertz CT molecular complexity index is 993. The number of methoxy groups -OCH3 is 1. The lowest BCUT2D eigenvalue weighted by Crippen LogP contribution is -2.31. The van der Waals surface area contributed by atoms with Crippen LogP contribution in [0.4, 0.5) is 0 Å². The molecule has 2 N–H and O–H groups in total. The van der Waals surface area contributed by atoms with Crippen molar-refractivity contribution in [3.63, 3.8) is 0 Å². The Morgan fingerprint density at radius 3 is 2.88 bits per heavy atom. The average Bonchev–Trinajstić information content (AvgIpc) is 3.00. The molecule has 26 heavy (non-hydrogen) atoms. The van der Waals surface area contributed by atoms with Crippen LogP contribution in [0.3, 0.4) is 0 Å². The van der Waals surface area contributed by atoms with Crippen LogP contribution in [0, 0.1) is 6.92 Å². The second-order valence-corrected chi connectivity index (χ2v) is 7.24. The molecule has 4 nitrogen and oxygen atoms in total. The summed E-state index contributed by atoms with van der Waals surface area (Å²) in [6.07, 6.45) is 3.02. The van der Waals surface area contributed by atoms with Crippen molar-refractivity contribution in [2.45, 2.75) is 32.2 Å². The van der Waals surface area contributed by atoms with Crippen LogP contribution in [-0.2, 0) is 6.42 Å². The van der Waals surface area contributed by atoms with Gasteiger partial charge in [0.15, 0.2) is 0 Å². The second-order valence-electron chi connectivity index (χ2n) is 6.83. The molecule has 4 rings (SSSR count). The number of benzene rings is 2. The highest BCUT2D eigenvalue weighted by Crippen LogP contribution is 2.35. The van der Waals surface area contributed by atoms with Gasteiger partial charge in [0.1, 0.15) is 5.75 Å². The topological polar surface area (TPSA) is 54.1 Å². The van der Waals surface area contributed by atoms with E-state index in [1.165, 1.54) is 16.5 Å². The van der Waals surface area contributed by atoms with Crippen LogP contribution < -0.4 is 10.1 Å². The summed E-state index contributed by atoms with van der Waals surface area (Å²) in [5.74, 6) is 0.441. The first-order chi connectivity index (χ1) is 12.6. The molecule has 1 aliphatic carbocycles. The van der Waals surface area contributed by atoms with E-state index in [9.17, 15) is 4.79 Å². The molecule has 3 aromatic rings. The van der Waals surface area contributed by atoms with Gasteiger partial charge in [0.25, 0.3) is 5.91 Å². The minimum Gasteiger partial charge on any atom is -0.495 e. The van der Waals surface area contributed by atoms with Crippen LogP contribution in [0.1, 0.15) is 46.1 Å². The Balaban J connectivity index is 1.63. The molecule has 0 fully saturated rings. The van der Waals surface area contributed by atoms with Crippen LogP contribution in [0.2, 0.25) is 5.02 Å². The van der Waals surface area contributed by atoms with Crippen LogP contribution in [0.15, 0.2) is 36.4 Å². The average molecular weight is 369 g/mol. The van der Waals surface area contributed by atoms with Gasteiger partial charge in [-0.15, -0.1) is 0 Å². The maximum Gasteiger partial charge on any atom is 0.251 e. The van der Waals surface area contributed by atoms with Gasteiger partial charge in [0, 0.05) is 22.2 Å². The predicted molar refractivity (Wildman–Crippen MR) is 104 cm³/mol. The molecule has 0 spiro atoms. The fraction of sp³-hybridized carbons (Fsp3) is 0.286. The summed E-state index contributed by atoms with van der Waals surface area (Å²) in [7, 11) is 1.56. The minimum atomic E-state index is -0.123. The van der Waals surface area contributed by atoms with Crippen molar-refractivity contribution in [2.75, 3.05) is 7.11 Å². The third-order valence-corrected chi connectivity index (χ3v) is 5.38. The normalized spacial score (nSPS) is 16.3. The first-order valence-electron chi connectivity index (χ1n) is 8.82. The molecule has 1 heterocycles. The zero-order valence-electron chi connectivity index (χ0n) is 14.9. The van der Waals surface area contributed by atoms with Gasteiger partial charge in [0.05, 0.1) is 18.2 Å². The van der Waals surface area contributed by atoms with Crippen molar-refractivity contribution >= 4 is 28.4 Å². The maximum absolute atomic E-state index is 12.7. The quantitative estimate of drug-likeness (QED) is 0.687. The van der Waals surface area contributed by atoms with Crippen LogP contribution in [0.5, 0.6) is 5.75 Å². The fourth-order valence-electron chi connectivity index (χ4n) is 3.77. The van der Waals surface area contributed by atoms with Gasteiger partial charge in [-0.2, -0.15) is 0 Å². The molecular weight excluding hydrogens is 348 g/mol. The Labute approximate surface area is 157 Å². The molecule has 0 bridgehead atoms. The SMILES string of the molecule is COc1ccc(C(=O)NC2CCCc3c2[nH]c2ccc(C)cc32)cc1Cl. The molecule has 1 aromatic heterocycles. The van der Waals surface area contributed by atoms with Crippen LogP contribution >= 0.6 is 11.6 Å². The Morgan fingerprint density at radius 1 is 1.27 bits per heavy atom. The van der Waals surface area contributed by atoms with Gasteiger partial charge in [-0.3, -0.25) is 4.79 Å². The van der Waals surface area contributed by atoms with Crippen LogP contribution in [0.25, 0.3) is 10.9 Å². The number of amides is 1. The number of hydrogen-bond acceptors (Lipinski definition) is 2. The number of aromatic nitrogens is 1. The number of fused-ring (bicyclic) bond motifs is 3. The van der Waals surface area contributed by atoms with Crippen molar-refractivity contribution in [3.05, 3.63) is 63.8 Å². The molecule has 5 heteroatoms. The lowest BCUT2D eigenvalue weighted by atomic mass is 9.91. The zero-order chi connectivity index (χ0) is 18.3. The second kappa shape index (κ2) is 6.69. The van der Waals surface area contributed by atoms with E-state index < -0.39 is 0 Å². The Kier molecular flexibility index (Phi) is 4.37. The number of ether oxygens (including phenoxy) is 1. The van der Waals surface area contributed by atoms with Crippen molar-refractivity contribution in [1.82, 2.24) is 10.3 Å². The summed E-state index contributed by atoms with van der Waals surface area (Å²) in [5, 5.41) is 4.87. The maximum atomic E-state index is 12.7. The number of H-pyrrole nitrogens is 1. The lowest BCUT2D eigenvalue weighted by Gasteiger charge is -2.24. The van der Waals surface area contributed by atoms with Crippen molar-refractivity contribution in [2.24, 2.45) is 0 Å². The third-order valence-electron chi connectivity index (χ3n) is 5.08. The van der Waals surface area contributed by atoms with Gasteiger partial charge >= 0.3 is 0 Å². The lowest BCUT2D eigenvalue weighted by molar-refractivity contribution is 0.0932.